The van der Waals surface area contributed by atoms with Crippen LogP contribution in [0.4, 0.5) is 0 Å². The van der Waals surface area contributed by atoms with E-state index in [4.69, 9.17) is 9.47 Å². The van der Waals surface area contributed by atoms with Crippen LogP contribution < -0.4 is 4.74 Å². The Bertz CT molecular complexity index is 864. The summed E-state index contributed by atoms with van der Waals surface area (Å²) in [5.74, 6) is 0.963. The third-order valence-electron chi connectivity index (χ3n) is 5.71. The van der Waals surface area contributed by atoms with Crippen LogP contribution in [0, 0.1) is 0 Å². The summed E-state index contributed by atoms with van der Waals surface area (Å²) in [7, 11) is 7.32. The van der Waals surface area contributed by atoms with Gasteiger partial charge >= 0.3 is 0 Å². The van der Waals surface area contributed by atoms with E-state index in [1.807, 2.05) is 61.1 Å². The van der Waals surface area contributed by atoms with Crippen LogP contribution in [0.2, 0.25) is 0 Å². The third kappa shape index (κ3) is 3.54. The minimum absolute atomic E-state index is 0.103. The molecule has 0 N–H and O–H groups in total. The maximum absolute atomic E-state index is 13.3. The second-order valence-electron chi connectivity index (χ2n) is 7.37. The monoisotopic (exact) mass is 430 g/mol. The Labute approximate surface area is 180 Å². The van der Waals surface area contributed by atoms with Crippen molar-refractivity contribution < 1.29 is 14.3 Å². The van der Waals surface area contributed by atoms with E-state index in [2.05, 4.69) is 29.2 Å². The molecule has 3 aliphatic heterocycles. The number of fused-ring (bicyclic) bond motifs is 4. The Kier molecular flexibility index (Phi) is 5.84. The summed E-state index contributed by atoms with van der Waals surface area (Å²) in [4.78, 5) is 16.8. The SMILES string of the molecule is COc1ccc(C2SC3C(=O)N(C)[C@@](Cc4ccccc4)(S2)C(OC)N3C)cc1. The molecule has 0 aromatic heterocycles. The van der Waals surface area contributed by atoms with E-state index in [1.54, 1.807) is 26.0 Å². The molecular formula is C22H26N2O3S2. The second-order valence-corrected chi connectivity index (χ2v) is 10.3. The highest BCUT2D eigenvalue weighted by Crippen LogP contribution is 2.58. The number of piperazine rings is 1. The largest absolute Gasteiger partial charge is 0.497 e. The molecule has 5 nitrogen and oxygen atoms in total. The molecule has 7 heteroatoms. The minimum atomic E-state index is -0.535. The summed E-state index contributed by atoms with van der Waals surface area (Å²) < 4.78 is 11.4. The number of benzene rings is 2. The van der Waals surface area contributed by atoms with Crippen molar-refractivity contribution in [1.82, 2.24) is 9.80 Å². The Morgan fingerprint density at radius 1 is 1.03 bits per heavy atom. The van der Waals surface area contributed by atoms with Crippen molar-refractivity contribution in [2.24, 2.45) is 0 Å². The standard InChI is InChI=1S/C22H26N2O3S2/c1-23-19-18(25)24(2)22(21(23)27-4,14-15-8-6-5-7-9-15)29-20(28-19)16-10-12-17(26-3)13-11-16/h5-13,19-21H,14H2,1-4H3/t19?,20?,21?,22-/m0/s1. The summed E-state index contributed by atoms with van der Waals surface area (Å²) in [5, 5.41) is -0.282. The second kappa shape index (κ2) is 8.22. The van der Waals surface area contributed by atoms with Gasteiger partial charge in [-0.05, 0) is 30.3 Å². The number of amides is 1. The predicted molar refractivity (Wildman–Crippen MR) is 119 cm³/mol. The summed E-state index contributed by atoms with van der Waals surface area (Å²) in [6.45, 7) is 0. The van der Waals surface area contributed by atoms with Gasteiger partial charge in [-0.2, -0.15) is 0 Å². The lowest BCUT2D eigenvalue weighted by Crippen LogP contribution is -2.69. The van der Waals surface area contributed by atoms with Gasteiger partial charge in [-0.1, -0.05) is 42.5 Å². The molecule has 3 heterocycles. The van der Waals surface area contributed by atoms with Crippen LogP contribution in [0.3, 0.4) is 0 Å². The molecule has 0 saturated carbocycles. The van der Waals surface area contributed by atoms with Gasteiger partial charge in [-0.25, -0.2) is 0 Å². The molecule has 1 amide bonds. The summed E-state index contributed by atoms with van der Waals surface area (Å²) in [6, 6.07) is 18.5. The molecule has 0 spiro atoms. The van der Waals surface area contributed by atoms with E-state index >= 15 is 0 Å². The molecule has 3 saturated heterocycles. The molecule has 2 aromatic carbocycles. The number of ether oxygens (including phenoxy) is 2. The number of methoxy groups -OCH3 is 2. The lowest BCUT2D eigenvalue weighted by Gasteiger charge is -2.52. The molecule has 2 bridgehead atoms. The first-order chi connectivity index (χ1) is 14.0. The highest BCUT2D eigenvalue weighted by Gasteiger charge is 2.59. The van der Waals surface area contributed by atoms with Crippen LogP contribution in [-0.4, -0.2) is 60.5 Å². The Balaban J connectivity index is 1.78. The van der Waals surface area contributed by atoms with Crippen LogP contribution in [0.1, 0.15) is 15.7 Å². The molecule has 29 heavy (non-hydrogen) atoms. The van der Waals surface area contributed by atoms with Gasteiger partial charge in [0.25, 0.3) is 5.91 Å². The first-order valence-electron chi connectivity index (χ1n) is 9.53. The normalized spacial score (nSPS) is 29.7. The van der Waals surface area contributed by atoms with Crippen molar-refractivity contribution in [2.45, 2.75) is 27.5 Å². The molecular weight excluding hydrogens is 404 g/mol. The lowest BCUT2D eigenvalue weighted by atomic mass is 9.99. The molecule has 154 valence electrons. The number of likely N-dealkylation sites (N-methyl/N-ethyl adjacent to an activating group) is 2. The average molecular weight is 431 g/mol. The van der Waals surface area contributed by atoms with E-state index < -0.39 is 4.87 Å². The van der Waals surface area contributed by atoms with E-state index in [-0.39, 0.29) is 22.1 Å². The van der Waals surface area contributed by atoms with Crippen molar-refractivity contribution in [3.63, 3.8) is 0 Å². The molecule has 0 aliphatic carbocycles. The van der Waals surface area contributed by atoms with E-state index in [0.717, 1.165) is 5.75 Å². The van der Waals surface area contributed by atoms with Crippen molar-refractivity contribution in [2.75, 3.05) is 28.3 Å². The van der Waals surface area contributed by atoms with Gasteiger partial charge in [0.15, 0.2) is 0 Å². The lowest BCUT2D eigenvalue weighted by molar-refractivity contribution is -0.164. The predicted octanol–water partition coefficient (Wildman–Crippen LogP) is 3.82. The number of rotatable bonds is 5. The minimum Gasteiger partial charge on any atom is -0.497 e. The van der Waals surface area contributed by atoms with Gasteiger partial charge < -0.3 is 14.4 Å². The van der Waals surface area contributed by atoms with Gasteiger partial charge in [-0.3, -0.25) is 9.69 Å². The van der Waals surface area contributed by atoms with Crippen LogP contribution in [0.15, 0.2) is 54.6 Å². The van der Waals surface area contributed by atoms with Gasteiger partial charge in [0.05, 0.1) is 11.7 Å². The molecule has 5 rings (SSSR count). The summed E-state index contributed by atoms with van der Waals surface area (Å²) in [5.41, 5.74) is 2.37. The van der Waals surface area contributed by atoms with E-state index in [9.17, 15) is 4.79 Å². The van der Waals surface area contributed by atoms with Gasteiger partial charge in [0.1, 0.15) is 22.2 Å². The highest BCUT2D eigenvalue weighted by molar-refractivity contribution is 8.17. The number of carbonyl (C=O) groups excluding carboxylic acids is 1. The Morgan fingerprint density at radius 3 is 2.34 bits per heavy atom. The fourth-order valence-electron chi connectivity index (χ4n) is 4.15. The molecule has 3 unspecified atom stereocenters. The number of hydrogen-bond donors (Lipinski definition) is 0. The Hall–Kier alpha value is -1.67. The van der Waals surface area contributed by atoms with Gasteiger partial charge in [0.2, 0.25) is 0 Å². The zero-order valence-corrected chi connectivity index (χ0v) is 18.7. The summed E-state index contributed by atoms with van der Waals surface area (Å²) in [6.07, 6.45) is 0.500. The van der Waals surface area contributed by atoms with Crippen LogP contribution in [0.25, 0.3) is 0 Å². The van der Waals surface area contributed by atoms with Crippen molar-refractivity contribution in [1.29, 1.82) is 0 Å². The number of thioether (sulfide) groups is 2. The number of carbonyl (C=O) groups is 1. The van der Waals surface area contributed by atoms with Crippen LogP contribution in [-0.2, 0) is 16.0 Å². The van der Waals surface area contributed by atoms with E-state index in [1.165, 1.54) is 11.1 Å². The number of hydrogen-bond acceptors (Lipinski definition) is 6. The smallest absolute Gasteiger partial charge is 0.251 e. The Morgan fingerprint density at radius 2 is 1.72 bits per heavy atom. The topological polar surface area (TPSA) is 42.0 Å². The third-order valence-corrected chi connectivity index (χ3v) is 9.16. The molecule has 2 aromatic rings. The first kappa shape index (κ1) is 20.6. The van der Waals surface area contributed by atoms with Crippen LogP contribution >= 0.6 is 23.5 Å². The fourth-order valence-corrected chi connectivity index (χ4v) is 7.85. The molecule has 3 fully saturated rings. The zero-order valence-electron chi connectivity index (χ0n) is 17.1. The van der Waals surface area contributed by atoms with Crippen molar-refractivity contribution in [3.8, 4) is 5.75 Å². The average Bonchev–Trinajstić information content (AvgIpc) is 2.94. The summed E-state index contributed by atoms with van der Waals surface area (Å²) >= 11 is 3.50. The number of nitrogens with zero attached hydrogens (tertiary/aromatic N) is 2. The quantitative estimate of drug-likeness (QED) is 0.719. The fraction of sp³-hybridized carbons (Fsp3) is 0.409. The van der Waals surface area contributed by atoms with Crippen molar-refractivity contribution >= 4 is 29.4 Å². The maximum Gasteiger partial charge on any atom is 0.251 e. The molecule has 0 radical (unpaired) electrons. The van der Waals surface area contributed by atoms with Crippen molar-refractivity contribution in [3.05, 3.63) is 65.7 Å². The van der Waals surface area contributed by atoms with Gasteiger partial charge in [0, 0.05) is 20.6 Å². The first-order valence-corrected chi connectivity index (χ1v) is 11.4. The van der Waals surface area contributed by atoms with E-state index in [0.29, 0.717) is 6.42 Å². The van der Waals surface area contributed by atoms with Gasteiger partial charge in [-0.15, -0.1) is 23.5 Å². The molecule has 4 atom stereocenters. The van der Waals surface area contributed by atoms with Crippen LogP contribution in [0.5, 0.6) is 5.75 Å². The molecule has 3 aliphatic rings. The zero-order chi connectivity index (χ0) is 20.6. The highest BCUT2D eigenvalue weighted by atomic mass is 32.2. The maximum atomic E-state index is 13.3.